The minimum Gasteiger partial charge on any atom is -0.493 e. The molecule has 0 saturated carbocycles. The summed E-state index contributed by atoms with van der Waals surface area (Å²) in [6.45, 7) is 9.92. The summed E-state index contributed by atoms with van der Waals surface area (Å²) in [6, 6.07) is 14.2. The van der Waals surface area contributed by atoms with Crippen LogP contribution in [0.3, 0.4) is 0 Å². The summed E-state index contributed by atoms with van der Waals surface area (Å²) in [5.74, 6) is 0.308. The molecule has 2 fully saturated rings. The van der Waals surface area contributed by atoms with Crippen LogP contribution in [0, 0.1) is 11.3 Å². The van der Waals surface area contributed by atoms with Gasteiger partial charge in [-0.2, -0.15) is 13.2 Å². The van der Waals surface area contributed by atoms with Crippen LogP contribution < -0.4 is 14.2 Å². The van der Waals surface area contributed by atoms with Crippen molar-refractivity contribution < 1.29 is 42.1 Å². The minimum atomic E-state index is -5.08. The highest BCUT2D eigenvalue weighted by Crippen LogP contribution is 2.41. The largest absolute Gasteiger partial charge is 0.493 e. The lowest BCUT2D eigenvalue weighted by atomic mass is 9.77. The molecule has 2 aromatic carbocycles. The Hall–Kier alpha value is -3.47. The first-order chi connectivity index (χ1) is 19.9. The Kier molecular flexibility index (Phi) is 11.5. The van der Waals surface area contributed by atoms with Crippen LogP contribution in [0.1, 0.15) is 44.2 Å². The number of carbonyl (C=O) groups excluding carboxylic acids is 1. The summed E-state index contributed by atoms with van der Waals surface area (Å²) in [5.41, 5.74) is 2.56. The van der Waals surface area contributed by atoms with Crippen molar-refractivity contribution in [1.82, 2.24) is 9.80 Å². The summed E-state index contributed by atoms with van der Waals surface area (Å²) >= 11 is 0. The second-order valence-electron chi connectivity index (χ2n) is 11.3. The number of hydrogen-bond acceptors (Lipinski definition) is 6. The Morgan fingerprint density at radius 1 is 0.952 bits per heavy atom. The maximum Gasteiger partial charge on any atom is 0.490 e. The molecule has 2 saturated heterocycles. The highest BCUT2D eigenvalue weighted by atomic mass is 19.4. The summed E-state index contributed by atoms with van der Waals surface area (Å²) in [5, 5.41) is 7.12. The van der Waals surface area contributed by atoms with Gasteiger partial charge in [0.2, 0.25) is 5.91 Å². The van der Waals surface area contributed by atoms with E-state index in [0.29, 0.717) is 29.3 Å². The number of carbonyl (C=O) groups is 2. The third-order valence-electron chi connectivity index (χ3n) is 7.68. The van der Waals surface area contributed by atoms with Crippen LogP contribution in [0.4, 0.5) is 13.2 Å². The number of halogens is 3. The van der Waals surface area contributed by atoms with Gasteiger partial charge >= 0.3 is 12.1 Å². The molecule has 42 heavy (non-hydrogen) atoms. The maximum atomic E-state index is 13.0. The van der Waals surface area contributed by atoms with Gasteiger partial charge in [-0.1, -0.05) is 38.1 Å². The van der Waals surface area contributed by atoms with Crippen molar-refractivity contribution >= 4 is 11.9 Å². The van der Waals surface area contributed by atoms with E-state index in [9.17, 15) is 18.0 Å². The summed E-state index contributed by atoms with van der Waals surface area (Å²) in [7, 11) is 3.24. The van der Waals surface area contributed by atoms with Crippen LogP contribution in [0.5, 0.6) is 17.2 Å². The molecule has 0 radical (unpaired) electrons. The second kappa shape index (κ2) is 14.6. The number of likely N-dealkylation sites (tertiary alicyclic amines) is 2. The summed E-state index contributed by atoms with van der Waals surface area (Å²) in [6.07, 6.45) is -1.33. The number of rotatable bonds is 9. The summed E-state index contributed by atoms with van der Waals surface area (Å²) in [4.78, 5) is 26.5. The Labute approximate surface area is 245 Å². The first-order valence-corrected chi connectivity index (χ1v) is 14.1. The lowest BCUT2D eigenvalue weighted by Crippen LogP contribution is -2.44. The lowest BCUT2D eigenvalue weighted by Gasteiger charge is -2.39. The van der Waals surface area contributed by atoms with Gasteiger partial charge in [-0.3, -0.25) is 9.69 Å². The van der Waals surface area contributed by atoms with Crippen molar-refractivity contribution in [2.75, 3.05) is 47.0 Å². The number of alkyl halides is 3. The van der Waals surface area contributed by atoms with E-state index in [-0.39, 0.29) is 5.91 Å². The van der Waals surface area contributed by atoms with Crippen molar-refractivity contribution in [2.45, 2.75) is 52.3 Å². The zero-order chi connectivity index (χ0) is 30.9. The Morgan fingerprint density at radius 2 is 1.57 bits per heavy atom. The van der Waals surface area contributed by atoms with Crippen LogP contribution in [0.25, 0.3) is 0 Å². The van der Waals surface area contributed by atoms with E-state index in [1.807, 2.05) is 23.1 Å². The number of aliphatic carboxylic acids is 1. The number of methoxy groups -OCH3 is 2. The number of para-hydroxylation sites is 1. The molecule has 8 nitrogen and oxygen atoms in total. The third kappa shape index (κ3) is 9.27. The van der Waals surface area contributed by atoms with Gasteiger partial charge < -0.3 is 24.2 Å². The van der Waals surface area contributed by atoms with Gasteiger partial charge in [0.15, 0.2) is 11.5 Å². The molecule has 232 valence electrons. The second-order valence-corrected chi connectivity index (χ2v) is 11.3. The fourth-order valence-electron chi connectivity index (χ4n) is 5.35. The molecular formula is C31H41F3N2O6. The molecule has 0 unspecified atom stereocenters. The average Bonchev–Trinajstić information content (AvgIpc) is 3.34. The van der Waals surface area contributed by atoms with E-state index in [2.05, 4.69) is 43.0 Å². The fourth-order valence-corrected chi connectivity index (χ4v) is 5.35. The number of carboxylic acid groups (broad SMARTS) is 1. The van der Waals surface area contributed by atoms with E-state index in [1.165, 1.54) is 12.0 Å². The van der Waals surface area contributed by atoms with Crippen LogP contribution >= 0.6 is 0 Å². The topological polar surface area (TPSA) is 88.5 Å². The first-order valence-electron chi connectivity index (χ1n) is 14.1. The molecule has 2 aliphatic rings. The van der Waals surface area contributed by atoms with Crippen LogP contribution in [0.2, 0.25) is 0 Å². The van der Waals surface area contributed by atoms with Crippen molar-refractivity contribution in [1.29, 1.82) is 0 Å². The number of ether oxygens (including phenoxy) is 3. The highest BCUT2D eigenvalue weighted by Gasteiger charge is 2.41. The van der Waals surface area contributed by atoms with Crippen molar-refractivity contribution in [3.05, 3.63) is 53.6 Å². The van der Waals surface area contributed by atoms with Gasteiger partial charge in [0, 0.05) is 31.7 Å². The van der Waals surface area contributed by atoms with Crippen molar-refractivity contribution in [3.8, 4) is 17.2 Å². The van der Waals surface area contributed by atoms with E-state index in [4.69, 9.17) is 24.1 Å². The Balaban J connectivity index is 0.000000616. The van der Waals surface area contributed by atoms with Crippen molar-refractivity contribution in [3.63, 3.8) is 0 Å². The van der Waals surface area contributed by atoms with Crippen LogP contribution in [0.15, 0.2) is 42.5 Å². The molecular weight excluding hydrogens is 553 g/mol. The predicted octanol–water partition coefficient (Wildman–Crippen LogP) is 5.43. The molecule has 2 aliphatic heterocycles. The lowest BCUT2D eigenvalue weighted by molar-refractivity contribution is -0.192. The molecule has 0 bridgehead atoms. The van der Waals surface area contributed by atoms with Crippen molar-refractivity contribution in [2.24, 2.45) is 11.3 Å². The minimum absolute atomic E-state index is 0.193. The number of benzene rings is 2. The average molecular weight is 595 g/mol. The molecule has 1 N–H and O–H groups in total. The van der Waals surface area contributed by atoms with Gasteiger partial charge in [0.1, 0.15) is 5.75 Å². The zero-order valence-corrected chi connectivity index (χ0v) is 24.7. The molecule has 2 heterocycles. The Morgan fingerprint density at radius 3 is 2.17 bits per heavy atom. The van der Waals surface area contributed by atoms with Gasteiger partial charge in [-0.25, -0.2) is 4.79 Å². The molecule has 0 atom stereocenters. The predicted molar refractivity (Wildman–Crippen MR) is 152 cm³/mol. The van der Waals surface area contributed by atoms with Gasteiger partial charge in [0.25, 0.3) is 0 Å². The molecule has 0 aromatic heterocycles. The zero-order valence-electron chi connectivity index (χ0n) is 24.7. The smallest absolute Gasteiger partial charge is 0.490 e. The summed E-state index contributed by atoms with van der Waals surface area (Å²) < 4.78 is 48.5. The van der Waals surface area contributed by atoms with Crippen LogP contribution in [-0.2, 0) is 22.6 Å². The van der Waals surface area contributed by atoms with E-state index < -0.39 is 12.1 Å². The third-order valence-corrected chi connectivity index (χ3v) is 7.68. The molecule has 4 rings (SSSR count). The van der Waals surface area contributed by atoms with E-state index >= 15 is 0 Å². The van der Waals surface area contributed by atoms with Gasteiger partial charge in [-0.15, -0.1) is 0 Å². The van der Waals surface area contributed by atoms with Gasteiger partial charge in [0.05, 0.1) is 27.2 Å². The number of amides is 1. The Bertz CT molecular complexity index is 1200. The standard InChI is InChI=1S/C29H40N2O4.C2HF3O2/c1-22(2)20-35-25-8-6-5-7-24(25)19-30-14-11-29(21-30)12-15-31(16-13-29)28(32)18-23-9-10-26(33-3)27(17-23)34-4;3-2(4,5)1(6)7/h5-10,17,22H,11-16,18-21H2,1-4H3;(H,6,7). The molecule has 2 aromatic rings. The highest BCUT2D eigenvalue weighted by molar-refractivity contribution is 5.79. The molecule has 1 spiro atoms. The van der Waals surface area contributed by atoms with E-state index in [0.717, 1.165) is 63.5 Å². The monoisotopic (exact) mass is 594 g/mol. The SMILES string of the molecule is COc1ccc(CC(=O)N2CCC3(CCN(Cc4ccccc4OCC(C)C)C3)CC2)cc1OC.O=C(O)C(F)(F)F. The number of piperidine rings is 1. The van der Waals surface area contributed by atoms with Gasteiger partial charge in [-0.05, 0) is 60.9 Å². The molecule has 11 heteroatoms. The quantitative estimate of drug-likeness (QED) is 0.414. The number of carboxylic acids is 1. The number of nitrogens with zero attached hydrogens (tertiary/aromatic N) is 2. The van der Waals surface area contributed by atoms with Crippen LogP contribution in [-0.4, -0.2) is 80.0 Å². The first kappa shape index (κ1) is 33.0. The normalized spacial score (nSPS) is 16.6. The molecule has 0 aliphatic carbocycles. The number of hydrogen-bond donors (Lipinski definition) is 1. The van der Waals surface area contributed by atoms with E-state index in [1.54, 1.807) is 14.2 Å². The molecule has 1 amide bonds. The fraction of sp³-hybridized carbons (Fsp3) is 0.548. The maximum absolute atomic E-state index is 13.0.